The van der Waals surface area contributed by atoms with E-state index in [0.717, 1.165) is 32.5 Å². The minimum atomic E-state index is -0.502. The van der Waals surface area contributed by atoms with Gasteiger partial charge in [-0.25, -0.2) is 0 Å². The molecule has 1 aliphatic heterocycles. The third-order valence-electron chi connectivity index (χ3n) is 4.67. The third kappa shape index (κ3) is 5.95. The molecule has 0 saturated carbocycles. The summed E-state index contributed by atoms with van der Waals surface area (Å²) in [4.78, 5) is 27.5. The van der Waals surface area contributed by atoms with Gasteiger partial charge in [0, 0.05) is 19.1 Å². The number of hydrogen-bond donors (Lipinski definition) is 3. The van der Waals surface area contributed by atoms with Crippen molar-refractivity contribution in [1.29, 1.82) is 0 Å². The van der Waals surface area contributed by atoms with Gasteiger partial charge in [0.25, 0.3) is 11.8 Å². The summed E-state index contributed by atoms with van der Waals surface area (Å²) in [6, 6.07) is 4.91. The molecule has 0 radical (unpaired) electrons. The van der Waals surface area contributed by atoms with Crippen LogP contribution in [0.5, 0.6) is 0 Å². The van der Waals surface area contributed by atoms with E-state index in [-0.39, 0.29) is 38.9 Å². The summed E-state index contributed by atoms with van der Waals surface area (Å²) in [5.74, 6) is -0.805. The van der Waals surface area contributed by atoms with Gasteiger partial charge in [-0.3, -0.25) is 14.7 Å². The van der Waals surface area contributed by atoms with E-state index in [4.69, 9.17) is 23.2 Å². The Balaban J connectivity index is 0.00000145. The molecule has 158 valence electrons. The molecule has 2 heterocycles. The van der Waals surface area contributed by atoms with E-state index in [9.17, 15) is 9.59 Å². The SMILES string of the molecule is CC.CCN1CCC(NC(=O)c2[nH]ncc2NC(=O)c2c(Cl)cccc2Cl)CC1. The maximum absolute atomic E-state index is 12.6. The fraction of sp³-hybridized carbons (Fsp3) is 0.450. The molecular formula is C20H27Cl2N5O2. The molecule has 1 fully saturated rings. The largest absolute Gasteiger partial charge is 0.348 e. The minimum Gasteiger partial charge on any atom is -0.348 e. The lowest BCUT2D eigenvalue weighted by Crippen LogP contribution is -2.44. The number of nitrogens with zero attached hydrogens (tertiary/aromatic N) is 2. The summed E-state index contributed by atoms with van der Waals surface area (Å²) in [6.07, 6.45) is 3.17. The van der Waals surface area contributed by atoms with E-state index in [0.29, 0.717) is 0 Å². The van der Waals surface area contributed by atoms with Gasteiger partial charge in [-0.15, -0.1) is 0 Å². The van der Waals surface area contributed by atoms with Crippen molar-refractivity contribution < 1.29 is 9.59 Å². The predicted octanol–water partition coefficient (Wildman–Crippen LogP) is 4.21. The van der Waals surface area contributed by atoms with E-state index >= 15 is 0 Å². The number of likely N-dealkylation sites (tertiary alicyclic amines) is 1. The van der Waals surface area contributed by atoms with Crippen molar-refractivity contribution >= 4 is 40.7 Å². The highest BCUT2D eigenvalue weighted by molar-refractivity contribution is 6.40. The van der Waals surface area contributed by atoms with Crippen molar-refractivity contribution in [2.24, 2.45) is 0 Å². The maximum Gasteiger partial charge on any atom is 0.271 e. The molecule has 0 aliphatic carbocycles. The summed E-state index contributed by atoms with van der Waals surface area (Å²) in [7, 11) is 0. The molecular weight excluding hydrogens is 413 g/mol. The van der Waals surface area contributed by atoms with E-state index in [1.165, 1.54) is 6.20 Å². The number of carbonyl (C=O) groups excluding carboxylic acids is 2. The molecule has 2 aromatic rings. The molecule has 0 bridgehead atoms. The molecule has 9 heteroatoms. The van der Waals surface area contributed by atoms with E-state index in [1.807, 2.05) is 13.8 Å². The minimum absolute atomic E-state index is 0.102. The first kappa shape index (κ1) is 23.2. The number of aromatic nitrogens is 2. The number of hydrogen-bond acceptors (Lipinski definition) is 4. The van der Waals surface area contributed by atoms with E-state index < -0.39 is 5.91 Å². The van der Waals surface area contributed by atoms with Crippen LogP contribution < -0.4 is 10.6 Å². The number of nitrogens with one attached hydrogen (secondary N) is 3. The van der Waals surface area contributed by atoms with Crippen LogP contribution >= 0.6 is 23.2 Å². The van der Waals surface area contributed by atoms with Gasteiger partial charge >= 0.3 is 0 Å². The van der Waals surface area contributed by atoms with Gasteiger partial charge in [-0.2, -0.15) is 5.10 Å². The molecule has 29 heavy (non-hydrogen) atoms. The number of amides is 2. The van der Waals surface area contributed by atoms with Crippen molar-refractivity contribution in [1.82, 2.24) is 20.4 Å². The number of anilines is 1. The van der Waals surface area contributed by atoms with Gasteiger partial charge in [0.1, 0.15) is 5.69 Å². The summed E-state index contributed by atoms with van der Waals surface area (Å²) in [6.45, 7) is 9.06. The molecule has 0 spiro atoms. The quantitative estimate of drug-likeness (QED) is 0.650. The summed E-state index contributed by atoms with van der Waals surface area (Å²) in [5, 5.41) is 12.6. The number of aromatic amines is 1. The van der Waals surface area contributed by atoms with Crippen LogP contribution in [0.25, 0.3) is 0 Å². The molecule has 1 aromatic carbocycles. The Labute approximate surface area is 181 Å². The molecule has 1 saturated heterocycles. The van der Waals surface area contributed by atoms with Crippen molar-refractivity contribution in [3.8, 4) is 0 Å². The number of halogens is 2. The predicted molar refractivity (Wildman–Crippen MR) is 117 cm³/mol. The summed E-state index contributed by atoms with van der Waals surface area (Å²) < 4.78 is 0. The Morgan fingerprint density at radius 3 is 2.38 bits per heavy atom. The van der Waals surface area contributed by atoms with Crippen LogP contribution in [0.15, 0.2) is 24.4 Å². The second-order valence-corrected chi connectivity index (χ2v) is 7.21. The average Bonchev–Trinajstić information content (AvgIpc) is 3.18. The van der Waals surface area contributed by atoms with Crippen molar-refractivity contribution in [3.63, 3.8) is 0 Å². The number of rotatable bonds is 5. The highest BCUT2D eigenvalue weighted by Gasteiger charge is 2.24. The van der Waals surface area contributed by atoms with Gasteiger partial charge in [-0.1, -0.05) is 50.0 Å². The molecule has 1 aromatic heterocycles. The van der Waals surface area contributed by atoms with Crippen LogP contribution in [0.3, 0.4) is 0 Å². The van der Waals surface area contributed by atoms with Gasteiger partial charge in [0.15, 0.2) is 0 Å². The topological polar surface area (TPSA) is 90.1 Å². The van der Waals surface area contributed by atoms with Gasteiger partial charge in [-0.05, 0) is 31.5 Å². The Bertz CT molecular complexity index is 812. The maximum atomic E-state index is 12.6. The normalized spacial score (nSPS) is 14.7. The summed E-state index contributed by atoms with van der Waals surface area (Å²) in [5.41, 5.74) is 0.629. The first-order valence-electron chi connectivity index (χ1n) is 9.81. The number of carbonyl (C=O) groups is 2. The van der Waals surface area contributed by atoms with Gasteiger partial charge < -0.3 is 15.5 Å². The highest BCUT2D eigenvalue weighted by atomic mass is 35.5. The fourth-order valence-electron chi connectivity index (χ4n) is 3.10. The van der Waals surface area contributed by atoms with E-state index in [1.54, 1.807) is 18.2 Å². The Morgan fingerprint density at radius 2 is 1.79 bits per heavy atom. The molecule has 3 N–H and O–H groups in total. The van der Waals surface area contributed by atoms with Crippen molar-refractivity contribution in [3.05, 3.63) is 45.7 Å². The van der Waals surface area contributed by atoms with Crippen LogP contribution in [0.2, 0.25) is 10.0 Å². The van der Waals surface area contributed by atoms with Crippen LogP contribution in [0, 0.1) is 0 Å². The number of piperidine rings is 1. The standard InChI is InChI=1S/C18H21Cl2N5O2.C2H6/c1-2-25-8-6-11(7-9-25)22-18(27)16-14(10-21-24-16)23-17(26)15-12(19)4-3-5-13(15)20;1-2/h3-5,10-11H,2,6-9H2,1H3,(H,21,24)(H,22,27)(H,23,26);1-2H3. The zero-order valence-electron chi connectivity index (χ0n) is 16.9. The molecule has 0 atom stereocenters. The Morgan fingerprint density at radius 1 is 1.17 bits per heavy atom. The van der Waals surface area contributed by atoms with Crippen LogP contribution in [-0.2, 0) is 0 Å². The monoisotopic (exact) mass is 439 g/mol. The van der Waals surface area contributed by atoms with E-state index in [2.05, 4.69) is 32.7 Å². The van der Waals surface area contributed by atoms with Crippen LogP contribution in [0.4, 0.5) is 5.69 Å². The highest BCUT2D eigenvalue weighted by Crippen LogP contribution is 2.25. The molecule has 7 nitrogen and oxygen atoms in total. The summed E-state index contributed by atoms with van der Waals surface area (Å²) >= 11 is 12.1. The van der Waals surface area contributed by atoms with Crippen molar-refractivity contribution in [2.75, 3.05) is 25.0 Å². The Kier molecular flexibility index (Phi) is 8.95. The molecule has 1 aliphatic rings. The second-order valence-electron chi connectivity index (χ2n) is 6.39. The molecule has 0 unspecified atom stereocenters. The average molecular weight is 440 g/mol. The first-order valence-corrected chi connectivity index (χ1v) is 10.6. The fourth-order valence-corrected chi connectivity index (χ4v) is 3.67. The van der Waals surface area contributed by atoms with Crippen LogP contribution in [-0.4, -0.2) is 52.6 Å². The van der Waals surface area contributed by atoms with Gasteiger partial charge in [0.05, 0.1) is 27.5 Å². The van der Waals surface area contributed by atoms with Crippen LogP contribution in [0.1, 0.15) is 54.5 Å². The lowest BCUT2D eigenvalue weighted by Gasteiger charge is -2.31. The second kappa shape index (κ2) is 11.2. The van der Waals surface area contributed by atoms with Gasteiger partial charge in [0.2, 0.25) is 0 Å². The lowest BCUT2D eigenvalue weighted by atomic mass is 10.0. The molecule has 2 amide bonds. The smallest absolute Gasteiger partial charge is 0.271 e. The third-order valence-corrected chi connectivity index (χ3v) is 5.30. The molecule has 3 rings (SSSR count). The first-order chi connectivity index (χ1) is 14.0. The zero-order valence-corrected chi connectivity index (χ0v) is 18.4. The Hall–Kier alpha value is -2.09. The lowest BCUT2D eigenvalue weighted by molar-refractivity contribution is 0.0908. The zero-order chi connectivity index (χ0) is 21.4. The number of benzene rings is 1. The van der Waals surface area contributed by atoms with Crippen molar-refractivity contribution in [2.45, 2.75) is 39.7 Å². The number of H-pyrrole nitrogens is 1.